The molecule has 25 heavy (non-hydrogen) atoms. The molecule has 2 amide bonds. The van der Waals surface area contributed by atoms with E-state index in [1.54, 1.807) is 6.07 Å². The predicted molar refractivity (Wildman–Crippen MR) is 102 cm³/mol. The van der Waals surface area contributed by atoms with Crippen LogP contribution >= 0.6 is 23.7 Å². The molecule has 0 aliphatic carbocycles. The van der Waals surface area contributed by atoms with Gasteiger partial charge in [0.15, 0.2) is 0 Å². The van der Waals surface area contributed by atoms with Gasteiger partial charge in [-0.3, -0.25) is 9.59 Å². The van der Waals surface area contributed by atoms with E-state index in [4.69, 9.17) is 0 Å². The molecule has 0 radical (unpaired) electrons. The Balaban J connectivity index is 0.00000225. The highest BCUT2D eigenvalue weighted by Crippen LogP contribution is 2.22. The number of nitrogens with one attached hydrogen (secondary N) is 3. The zero-order valence-electron chi connectivity index (χ0n) is 14.0. The molecular formula is C18H22ClN3O2S. The highest BCUT2D eigenvalue weighted by Gasteiger charge is 2.20. The van der Waals surface area contributed by atoms with E-state index in [1.807, 2.05) is 12.1 Å². The largest absolute Gasteiger partial charge is 0.351 e. The molecule has 2 heterocycles. The van der Waals surface area contributed by atoms with Crippen molar-refractivity contribution >= 4 is 35.6 Å². The number of fused-ring (bicyclic) bond motifs is 1. The summed E-state index contributed by atoms with van der Waals surface area (Å²) < 4.78 is 0. The summed E-state index contributed by atoms with van der Waals surface area (Å²) in [5.41, 5.74) is 2.62. The lowest BCUT2D eigenvalue weighted by Gasteiger charge is -2.27. The molecular weight excluding hydrogens is 358 g/mol. The second-order valence-electron chi connectivity index (χ2n) is 5.84. The molecule has 1 aromatic carbocycles. The Hall–Kier alpha value is -1.89. The van der Waals surface area contributed by atoms with Gasteiger partial charge in [0.05, 0.1) is 11.4 Å². The van der Waals surface area contributed by atoms with Gasteiger partial charge in [0.2, 0.25) is 5.91 Å². The highest BCUT2D eigenvalue weighted by molar-refractivity contribution is 7.14. The van der Waals surface area contributed by atoms with Gasteiger partial charge in [-0.05, 0) is 36.2 Å². The lowest BCUT2D eigenvalue weighted by molar-refractivity contribution is -0.119. The van der Waals surface area contributed by atoms with Crippen molar-refractivity contribution < 1.29 is 9.59 Å². The van der Waals surface area contributed by atoms with E-state index in [9.17, 15) is 9.59 Å². The van der Waals surface area contributed by atoms with Crippen molar-refractivity contribution in [1.82, 2.24) is 16.0 Å². The molecule has 1 aromatic heterocycles. The van der Waals surface area contributed by atoms with E-state index in [-0.39, 0.29) is 30.3 Å². The van der Waals surface area contributed by atoms with Crippen molar-refractivity contribution in [3.63, 3.8) is 0 Å². The minimum absolute atomic E-state index is 0. The standard InChI is InChI=1S/C18H21N3O2S.ClH/c1-12(22)20-10-14-6-7-17(24-14)18(23)21-11-16-15-5-3-2-4-13(15)8-9-19-16;/h2-7,16,19H,8-11H2,1H3,(H,20,22)(H,21,23);1H. The first-order valence-corrected chi connectivity index (χ1v) is 8.87. The van der Waals surface area contributed by atoms with Gasteiger partial charge in [0, 0.05) is 24.4 Å². The Bertz CT molecular complexity index is 747. The van der Waals surface area contributed by atoms with Crippen molar-refractivity contribution in [3.8, 4) is 0 Å². The Morgan fingerprint density at radius 1 is 1.20 bits per heavy atom. The number of rotatable bonds is 5. The number of hydrogen-bond donors (Lipinski definition) is 3. The van der Waals surface area contributed by atoms with Gasteiger partial charge in [-0.2, -0.15) is 0 Å². The molecule has 0 saturated heterocycles. The summed E-state index contributed by atoms with van der Waals surface area (Å²) in [6, 6.07) is 12.2. The third-order valence-electron chi connectivity index (χ3n) is 4.08. The second kappa shape index (κ2) is 8.99. The third-order valence-corrected chi connectivity index (χ3v) is 5.16. The van der Waals surface area contributed by atoms with Crippen LogP contribution in [0.5, 0.6) is 0 Å². The fourth-order valence-electron chi connectivity index (χ4n) is 2.86. The van der Waals surface area contributed by atoms with Crippen molar-refractivity contribution in [2.24, 2.45) is 0 Å². The van der Waals surface area contributed by atoms with E-state index in [0.29, 0.717) is 18.0 Å². The maximum Gasteiger partial charge on any atom is 0.261 e. The van der Waals surface area contributed by atoms with Crippen LogP contribution in [0.15, 0.2) is 36.4 Å². The zero-order chi connectivity index (χ0) is 16.9. The first-order valence-electron chi connectivity index (χ1n) is 8.06. The molecule has 134 valence electrons. The summed E-state index contributed by atoms with van der Waals surface area (Å²) in [5.74, 6) is -0.143. The number of amides is 2. The minimum atomic E-state index is -0.0727. The molecule has 0 saturated carbocycles. The van der Waals surface area contributed by atoms with Crippen LogP contribution in [-0.2, 0) is 17.8 Å². The van der Waals surface area contributed by atoms with Crippen LogP contribution < -0.4 is 16.0 Å². The van der Waals surface area contributed by atoms with Crippen LogP contribution in [-0.4, -0.2) is 24.9 Å². The molecule has 1 unspecified atom stereocenters. The molecule has 3 N–H and O–H groups in total. The second-order valence-corrected chi connectivity index (χ2v) is 7.01. The van der Waals surface area contributed by atoms with Crippen LogP contribution in [0, 0.1) is 0 Å². The molecule has 3 rings (SSSR count). The molecule has 1 aliphatic rings. The molecule has 5 nitrogen and oxygen atoms in total. The SMILES string of the molecule is CC(=O)NCc1ccc(C(=O)NCC2NCCc3ccccc32)s1.Cl. The van der Waals surface area contributed by atoms with Crippen molar-refractivity contribution in [2.75, 3.05) is 13.1 Å². The lowest BCUT2D eigenvalue weighted by Crippen LogP contribution is -2.38. The first kappa shape index (κ1) is 19.4. The Kier molecular flexibility index (Phi) is 6.99. The molecule has 1 atom stereocenters. The van der Waals surface area contributed by atoms with Crippen LogP contribution in [0.2, 0.25) is 0 Å². The third kappa shape index (κ3) is 5.04. The topological polar surface area (TPSA) is 70.2 Å². The van der Waals surface area contributed by atoms with E-state index >= 15 is 0 Å². The Morgan fingerprint density at radius 3 is 2.80 bits per heavy atom. The predicted octanol–water partition coefficient (Wildman–Crippen LogP) is 2.42. The van der Waals surface area contributed by atoms with E-state index < -0.39 is 0 Å². The van der Waals surface area contributed by atoms with Crippen molar-refractivity contribution in [1.29, 1.82) is 0 Å². The van der Waals surface area contributed by atoms with E-state index in [0.717, 1.165) is 17.8 Å². The number of carbonyl (C=O) groups is 2. The maximum absolute atomic E-state index is 12.3. The molecule has 0 spiro atoms. The molecule has 7 heteroatoms. The van der Waals surface area contributed by atoms with E-state index in [1.165, 1.54) is 29.4 Å². The molecule has 0 bridgehead atoms. The van der Waals surface area contributed by atoms with Crippen LogP contribution in [0.3, 0.4) is 0 Å². The summed E-state index contributed by atoms with van der Waals surface area (Å²) in [6.45, 7) is 3.44. The van der Waals surface area contributed by atoms with Crippen LogP contribution in [0.4, 0.5) is 0 Å². The summed E-state index contributed by atoms with van der Waals surface area (Å²) in [4.78, 5) is 24.9. The molecule has 2 aromatic rings. The molecule has 1 aliphatic heterocycles. The summed E-state index contributed by atoms with van der Waals surface area (Å²) >= 11 is 1.41. The number of thiophene rings is 1. The van der Waals surface area contributed by atoms with Gasteiger partial charge in [-0.25, -0.2) is 0 Å². The monoisotopic (exact) mass is 379 g/mol. The number of benzene rings is 1. The number of hydrogen-bond acceptors (Lipinski definition) is 4. The molecule has 0 fully saturated rings. The van der Waals surface area contributed by atoms with Gasteiger partial charge in [0.25, 0.3) is 5.91 Å². The first-order chi connectivity index (χ1) is 11.6. The van der Waals surface area contributed by atoms with Gasteiger partial charge < -0.3 is 16.0 Å². The van der Waals surface area contributed by atoms with Crippen molar-refractivity contribution in [2.45, 2.75) is 25.9 Å². The Labute approximate surface area is 157 Å². The van der Waals surface area contributed by atoms with E-state index in [2.05, 4.69) is 34.1 Å². The fraction of sp³-hybridized carbons (Fsp3) is 0.333. The van der Waals surface area contributed by atoms with Gasteiger partial charge in [-0.1, -0.05) is 24.3 Å². The average molecular weight is 380 g/mol. The number of carbonyl (C=O) groups excluding carboxylic acids is 2. The summed E-state index contributed by atoms with van der Waals surface area (Å²) in [5, 5.41) is 9.21. The van der Waals surface area contributed by atoms with Crippen molar-refractivity contribution in [3.05, 3.63) is 57.3 Å². The maximum atomic E-state index is 12.3. The summed E-state index contributed by atoms with van der Waals surface area (Å²) in [6.07, 6.45) is 1.03. The average Bonchev–Trinajstić information content (AvgIpc) is 3.07. The quantitative estimate of drug-likeness (QED) is 0.747. The van der Waals surface area contributed by atoms with Gasteiger partial charge in [-0.15, -0.1) is 23.7 Å². The lowest BCUT2D eigenvalue weighted by atomic mass is 9.94. The van der Waals surface area contributed by atoms with Crippen LogP contribution in [0.25, 0.3) is 0 Å². The fourth-order valence-corrected chi connectivity index (χ4v) is 3.73. The normalized spacial score (nSPS) is 15.6. The smallest absolute Gasteiger partial charge is 0.261 e. The highest BCUT2D eigenvalue weighted by atomic mass is 35.5. The van der Waals surface area contributed by atoms with Gasteiger partial charge >= 0.3 is 0 Å². The number of halogens is 1. The Morgan fingerprint density at radius 2 is 2.00 bits per heavy atom. The minimum Gasteiger partial charge on any atom is -0.351 e. The van der Waals surface area contributed by atoms with Crippen LogP contribution in [0.1, 0.15) is 38.6 Å². The van der Waals surface area contributed by atoms with Gasteiger partial charge in [0.1, 0.15) is 0 Å². The summed E-state index contributed by atoms with van der Waals surface area (Å²) in [7, 11) is 0. The zero-order valence-corrected chi connectivity index (χ0v) is 15.6.